The molecule has 3 nitrogen and oxygen atoms in total. The van der Waals surface area contributed by atoms with Crippen LogP contribution in [0.5, 0.6) is 0 Å². The van der Waals surface area contributed by atoms with Gasteiger partial charge in [-0.1, -0.05) is 23.4 Å². The van der Waals surface area contributed by atoms with E-state index in [1.807, 2.05) is 18.2 Å². The van der Waals surface area contributed by atoms with Gasteiger partial charge in [-0.2, -0.15) is 5.26 Å². The molecule has 0 saturated carbocycles. The van der Waals surface area contributed by atoms with E-state index in [1.165, 1.54) is 6.92 Å². The quantitative estimate of drug-likeness (QED) is 0.423. The van der Waals surface area contributed by atoms with E-state index in [1.54, 1.807) is 12.1 Å². The third kappa shape index (κ3) is 4.91. The van der Waals surface area contributed by atoms with Crippen molar-refractivity contribution in [1.29, 1.82) is 5.26 Å². The summed E-state index contributed by atoms with van der Waals surface area (Å²) in [6, 6.07) is 1.75. The maximum atomic E-state index is 8.19. The topological polar surface area (TPSA) is 56.4 Å². The first-order chi connectivity index (χ1) is 5.35. The molecule has 0 aliphatic heterocycles. The molecular weight excluding hydrogens is 140 g/mol. The lowest BCUT2D eigenvalue weighted by molar-refractivity contribution is 0.318. The molecule has 1 aliphatic carbocycles. The average molecular weight is 150 g/mol. The van der Waals surface area contributed by atoms with Gasteiger partial charge < -0.3 is 5.21 Å². The highest BCUT2D eigenvalue weighted by Gasteiger charge is 1.92. The lowest BCUT2D eigenvalue weighted by Gasteiger charge is -1.94. The molecule has 0 radical (unpaired) electrons. The van der Waals surface area contributed by atoms with Crippen LogP contribution in [0.15, 0.2) is 29.5 Å². The Balaban J connectivity index is 0.000000292. The summed E-state index contributed by atoms with van der Waals surface area (Å²) in [6.07, 6.45) is 8.23. The standard InChI is InChI=1S/C6H7NO.C2H3N/c8-7-6-4-2-1-3-5-6;1-2-3/h1-4,8H,5H2;1H3. The van der Waals surface area contributed by atoms with Crippen LogP contribution in [-0.4, -0.2) is 10.9 Å². The summed E-state index contributed by atoms with van der Waals surface area (Å²) in [4.78, 5) is 0. The Morgan fingerprint density at radius 3 is 2.55 bits per heavy atom. The fourth-order valence-electron chi connectivity index (χ4n) is 0.576. The highest BCUT2D eigenvalue weighted by Crippen LogP contribution is 1.97. The summed E-state index contributed by atoms with van der Waals surface area (Å²) in [5.74, 6) is 0. The summed E-state index contributed by atoms with van der Waals surface area (Å²) in [6.45, 7) is 1.43. The van der Waals surface area contributed by atoms with Gasteiger partial charge in [0, 0.05) is 13.3 Å². The molecule has 1 aliphatic rings. The van der Waals surface area contributed by atoms with Crippen LogP contribution < -0.4 is 0 Å². The SMILES string of the molecule is CC#N.ON=C1C=CC=CC1. The minimum atomic E-state index is 0.715. The predicted octanol–water partition coefficient (Wildman–Crippen LogP) is 1.86. The molecule has 1 rings (SSSR count). The molecule has 3 heteroatoms. The van der Waals surface area contributed by atoms with Gasteiger partial charge in [-0.25, -0.2) is 0 Å². The molecule has 1 N–H and O–H groups in total. The molecule has 0 spiro atoms. The van der Waals surface area contributed by atoms with Crippen LogP contribution in [0.25, 0.3) is 0 Å². The van der Waals surface area contributed by atoms with Crippen LogP contribution in [0.1, 0.15) is 13.3 Å². The van der Waals surface area contributed by atoms with Crippen LogP contribution >= 0.6 is 0 Å². The molecule has 0 saturated heterocycles. The van der Waals surface area contributed by atoms with E-state index >= 15 is 0 Å². The molecule has 0 amide bonds. The van der Waals surface area contributed by atoms with E-state index in [0.717, 1.165) is 6.42 Å². The maximum absolute atomic E-state index is 8.19. The van der Waals surface area contributed by atoms with Crippen molar-refractivity contribution in [3.63, 3.8) is 0 Å². The van der Waals surface area contributed by atoms with Crippen molar-refractivity contribution >= 4 is 5.71 Å². The van der Waals surface area contributed by atoms with Gasteiger partial charge in [0.1, 0.15) is 0 Å². The Kier molecular flexibility index (Phi) is 5.63. The second-order valence-corrected chi connectivity index (χ2v) is 1.81. The lowest BCUT2D eigenvalue weighted by Crippen LogP contribution is -1.92. The second-order valence-electron chi connectivity index (χ2n) is 1.81. The number of nitrogens with zero attached hydrogens (tertiary/aromatic N) is 2. The Morgan fingerprint density at radius 1 is 1.64 bits per heavy atom. The first-order valence-electron chi connectivity index (χ1n) is 3.20. The van der Waals surface area contributed by atoms with Gasteiger partial charge >= 0.3 is 0 Å². The van der Waals surface area contributed by atoms with E-state index in [-0.39, 0.29) is 0 Å². The molecule has 0 aromatic rings. The van der Waals surface area contributed by atoms with Gasteiger partial charge in [-0.15, -0.1) is 0 Å². The van der Waals surface area contributed by atoms with Crippen molar-refractivity contribution in [1.82, 2.24) is 0 Å². The Morgan fingerprint density at radius 2 is 2.27 bits per heavy atom. The fourth-order valence-corrected chi connectivity index (χ4v) is 0.576. The van der Waals surface area contributed by atoms with Crippen LogP contribution in [0.4, 0.5) is 0 Å². The number of hydrogen-bond acceptors (Lipinski definition) is 3. The van der Waals surface area contributed by atoms with Crippen LogP contribution in [0.2, 0.25) is 0 Å². The summed E-state index contributed by atoms with van der Waals surface area (Å²) in [5, 5.41) is 18.5. The zero-order valence-corrected chi connectivity index (χ0v) is 6.36. The lowest BCUT2D eigenvalue weighted by atomic mass is 10.2. The highest BCUT2D eigenvalue weighted by molar-refractivity contribution is 5.96. The van der Waals surface area contributed by atoms with Gasteiger partial charge in [0.25, 0.3) is 0 Å². The van der Waals surface area contributed by atoms with E-state index < -0.39 is 0 Å². The molecule has 0 bridgehead atoms. The van der Waals surface area contributed by atoms with E-state index in [9.17, 15) is 0 Å². The summed E-state index contributed by atoms with van der Waals surface area (Å²) < 4.78 is 0. The Labute approximate surface area is 66.0 Å². The van der Waals surface area contributed by atoms with Crippen molar-refractivity contribution in [2.24, 2.45) is 5.16 Å². The van der Waals surface area contributed by atoms with Crippen molar-refractivity contribution in [3.8, 4) is 6.07 Å². The number of oxime groups is 1. The number of allylic oxidation sites excluding steroid dienone is 4. The van der Waals surface area contributed by atoms with E-state index in [0.29, 0.717) is 5.71 Å². The van der Waals surface area contributed by atoms with Gasteiger partial charge in [0.15, 0.2) is 0 Å². The molecule has 0 fully saturated rings. The largest absolute Gasteiger partial charge is 0.411 e. The second kappa shape index (κ2) is 6.56. The number of hydrogen-bond donors (Lipinski definition) is 1. The minimum Gasteiger partial charge on any atom is -0.411 e. The van der Waals surface area contributed by atoms with E-state index in [4.69, 9.17) is 10.5 Å². The summed E-state index contributed by atoms with van der Waals surface area (Å²) in [5.41, 5.74) is 0.715. The molecule has 0 atom stereocenters. The first kappa shape index (κ1) is 9.44. The Hall–Kier alpha value is -1.56. The van der Waals surface area contributed by atoms with Gasteiger partial charge in [0.2, 0.25) is 0 Å². The molecule has 11 heavy (non-hydrogen) atoms. The third-order valence-corrected chi connectivity index (χ3v) is 0.991. The van der Waals surface area contributed by atoms with Crippen molar-refractivity contribution < 1.29 is 5.21 Å². The predicted molar refractivity (Wildman–Crippen MR) is 43.4 cm³/mol. The van der Waals surface area contributed by atoms with Crippen molar-refractivity contribution in [2.75, 3.05) is 0 Å². The fraction of sp³-hybridized carbons (Fsp3) is 0.250. The third-order valence-electron chi connectivity index (χ3n) is 0.991. The zero-order valence-electron chi connectivity index (χ0n) is 6.36. The zero-order chi connectivity index (χ0) is 8.53. The molecule has 58 valence electrons. The van der Waals surface area contributed by atoms with Crippen molar-refractivity contribution in [3.05, 3.63) is 24.3 Å². The van der Waals surface area contributed by atoms with Gasteiger partial charge in [-0.3, -0.25) is 0 Å². The molecular formula is C8H10N2O. The normalized spacial score (nSPS) is 16.9. The van der Waals surface area contributed by atoms with Gasteiger partial charge in [-0.05, 0) is 6.08 Å². The molecule has 0 aromatic carbocycles. The number of nitriles is 1. The summed E-state index contributed by atoms with van der Waals surface area (Å²) in [7, 11) is 0. The van der Waals surface area contributed by atoms with Gasteiger partial charge in [0.05, 0.1) is 11.8 Å². The Bertz CT molecular complexity index is 221. The van der Waals surface area contributed by atoms with Crippen LogP contribution in [0.3, 0.4) is 0 Å². The first-order valence-corrected chi connectivity index (χ1v) is 3.20. The number of rotatable bonds is 0. The minimum absolute atomic E-state index is 0.715. The van der Waals surface area contributed by atoms with Crippen molar-refractivity contribution in [2.45, 2.75) is 13.3 Å². The monoisotopic (exact) mass is 150 g/mol. The average Bonchev–Trinajstić information content (AvgIpc) is 2.08. The van der Waals surface area contributed by atoms with Crippen LogP contribution in [-0.2, 0) is 0 Å². The molecule has 0 heterocycles. The van der Waals surface area contributed by atoms with Crippen LogP contribution in [0, 0.1) is 11.3 Å². The maximum Gasteiger partial charge on any atom is 0.0833 e. The smallest absolute Gasteiger partial charge is 0.0833 e. The van der Waals surface area contributed by atoms with E-state index in [2.05, 4.69) is 5.16 Å². The summed E-state index contributed by atoms with van der Waals surface area (Å²) >= 11 is 0. The molecule has 0 unspecified atom stereocenters. The highest BCUT2D eigenvalue weighted by atomic mass is 16.4. The molecule has 0 aromatic heterocycles.